The van der Waals surface area contributed by atoms with Crippen LogP contribution in [0.15, 0.2) is 35.7 Å². The maximum atomic E-state index is 12.2. The Morgan fingerprint density at radius 2 is 2.15 bits per heavy atom. The number of fused-ring (bicyclic) bond motifs is 2. The fourth-order valence-electron chi connectivity index (χ4n) is 5.24. The summed E-state index contributed by atoms with van der Waals surface area (Å²) in [5.41, 5.74) is 2.69. The van der Waals surface area contributed by atoms with Crippen LogP contribution in [0.1, 0.15) is 57.4 Å². The van der Waals surface area contributed by atoms with E-state index in [1.807, 2.05) is 0 Å². The van der Waals surface area contributed by atoms with Gasteiger partial charge in [-0.05, 0) is 60.6 Å². The van der Waals surface area contributed by atoms with Crippen LogP contribution in [-0.2, 0) is 10.2 Å². The van der Waals surface area contributed by atoms with Gasteiger partial charge < -0.3 is 5.32 Å². The maximum absolute atomic E-state index is 12.2. The first-order valence-electron chi connectivity index (χ1n) is 10.0. The van der Waals surface area contributed by atoms with Gasteiger partial charge in [0.25, 0.3) is 0 Å². The Kier molecular flexibility index (Phi) is 5.53. The molecule has 0 spiro atoms. The van der Waals surface area contributed by atoms with Crippen molar-refractivity contribution < 1.29 is 4.79 Å². The number of thioether (sulfide) groups is 1. The van der Waals surface area contributed by atoms with Crippen molar-refractivity contribution in [3.63, 3.8) is 0 Å². The highest BCUT2D eigenvalue weighted by Crippen LogP contribution is 2.51. The maximum Gasteiger partial charge on any atom is 0.234 e. The predicted octanol–water partition coefficient (Wildman–Crippen LogP) is 4.78. The number of carbonyl (C=O) groups is 1. The zero-order chi connectivity index (χ0) is 18.7. The van der Waals surface area contributed by atoms with Gasteiger partial charge in [0.1, 0.15) is 6.33 Å². The molecule has 144 valence electrons. The molecule has 2 aliphatic carbocycles. The van der Waals surface area contributed by atoms with Crippen LogP contribution in [0.25, 0.3) is 0 Å². The quantitative estimate of drug-likeness (QED) is 0.728. The molecule has 2 N–H and O–H groups in total. The predicted molar refractivity (Wildman–Crippen MR) is 109 cm³/mol. The third kappa shape index (κ3) is 4.37. The lowest BCUT2D eigenvalue weighted by Gasteiger charge is -2.43. The standard InChI is InChI=1S/C21H28N4OS/c1-15-10-16-4-2-3-9-21(11-15,12-16)17-5-7-18(8-6-17)24-19(26)13-27-20-22-14-23-25-20/h5-8,14-16H,2-4,9-13H2,1H3,(H,24,26)(H,22,23,25). The Labute approximate surface area is 165 Å². The molecule has 2 aliphatic rings. The van der Waals surface area contributed by atoms with Crippen LogP contribution in [0.4, 0.5) is 5.69 Å². The minimum atomic E-state index is -0.0249. The lowest BCUT2D eigenvalue weighted by molar-refractivity contribution is -0.113. The number of aromatic amines is 1. The molecule has 5 nitrogen and oxygen atoms in total. The first kappa shape index (κ1) is 18.5. The Morgan fingerprint density at radius 3 is 2.93 bits per heavy atom. The van der Waals surface area contributed by atoms with Crippen molar-refractivity contribution in [1.82, 2.24) is 15.2 Å². The van der Waals surface area contributed by atoms with Crippen LogP contribution in [-0.4, -0.2) is 26.8 Å². The third-order valence-electron chi connectivity index (χ3n) is 6.19. The average Bonchev–Trinajstić information content (AvgIpc) is 3.12. The van der Waals surface area contributed by atoms with Gasteiger partial charge in [-0.15, -0.1) is 0 Å². The van der Waals surface area contributed by atoms with Crippen molar-refractivity contribution in [2.75, 3.05) is 11.1 Å². The van der Waals surface area contributed by atoms with Crippen LogP contribution in [0.2, 0.25) is 0 Å². The number of hydrogen-bond acceptors (Lipinski definition) is 4. The fourth-order valence-corrected chi connectivity index (χ4v) is 5.82. The van der Waals surface area contributed by atoms with Crippen molar-refractivity contribution in [2.45, 2.75) is 62.4 Å². The monoisotopic (exact) mass is 384 g/mol. The van der Waals surface area contributed by atoms with Crippen molar-refractivity contribution in [2.24, 2.45) is 11.8 Å². The summed E-state index contributed by atoms with van der Waals surface area (Å²) in [5.74, 6) is 2.00. The second kappa shape index (κ2) is 8.05. The van der Waals surface area contributed by atoms with E-state index in [1.54, 1.807) is 0 Å². The number of nitrogens with zero attached hydrogens (tertiary/aromatic N) is 2. The van der Waals surface area contributed by atoms with Crippen molar-refractivity contribution >= 4 is 23.4 Å². The van der Waals surface area contributed by atoms with Gasteiger partial charge >= 0.3 is 0 Å². The molecular weight excluding hydrogens is 356 g/mol. The van der Waals surface area contributed by atoms with E-state index in [0.717, 1.165) is 17.5 Å². The van der Waals surface area contributed by atoms with E-state index < -0.39 is 0 Å². The van der Waals surface area contributed by atoms with E-state index in [4.69, 9.17) is 0 Å². The number of aromatic nitrogens is 3. The Hall–Kier alpha value is -1.82. The number of rotatable bonds is 5. The molecule has 2 saturated carbocycles. The topological polar surface area (TPSA) is 70.7 Å². The zero-order valence-corrected chi connectivity index (χ0v) is 16.7. The van der Waals surface area contributed by atoms with Crippen LogP contribution in [0.5, 0.6) is 0 Å². The molecule has 2 fully saturated rings. The van der Waals surface area contributed by atoms with Crippen molar-refractivity contribution in [3.8, 4) is 0 Å². The van der Waals surface area contributed by atoms with Crippen LogP contribution in [0.3, 0.4) is 0 Å². The van der Waals surface area contributed by atoms with Crippen molar-refractivity contribution in [1.29, 1.82) is 0 Å². The third-order valence-corrected chi connectivity index (χ3v) is 7.06. The summed E-state index contributed by atoms with van der Waals surface area (Å²) in [7, 11) is 0. The molecule has 1 amide bonds. The minimum absolute atomic E-state index is 0.0249. The lowest BCUT2D eigenvalue weighted by atomic mass is 9.62. The highest BCUT2D eigenvalue weighted by Gasteiger charge is 2.41. The molecule has 1 aromatic carbocycles. The second-order valence-electron chi connectivity index (χ2n) is 8.35. The summed E-state index contributed by atoms with van der Waals surface area (Å²) >= 11 is 1.35. The number of benzene rings is 1. The molecule has 4 rings (SSSR count). The summed E-state index contributed by atoms with van der Waals surface area (Å²) in [6.45, 7) is 2.42. The number of amides is 1. The smallest absolute Gasteiger partial charge is 0.234 e. The van der Waals surface area contributed by atoms with Crippen molar-refractivity contribution in [3.05, 3.63) is 36.2 Å². The molecule has 6 heteroatoms. The minimum Gasteiger partial charge on any atom is -0.325 e. The van der Waals surface area contributed by atoms with Crippen LogP contribution < -0.4 is 5.32 Å². The zero-order valence-electron chi connectivity index (χ0n) is 15.9. The van der Waals surface area contributed by atoms with E-state index in [9.17, 15) is 4.79 Å². The highest BCUT2D eigenvalue weighted by atomic mass is 32.2. The van der Waals surface area contributed by atoms with Gasteiger partial charge in [0, 0.05) is 5.69 Å². The molecule has 27 heavy (non-hydrogen) atoms. The van der Waals surface area contributed by atoms with Gasteiger partial charge in [0.2, 0.25) is 5.91 Å². The summed E-state index contributed by atoms with van der Waals surface area (Å²) in [5, 5.41) is 10.2. The molecule has 0 saturated heterocycles. The molecule has 3 unspecified atom stereocenters. The molecule has 1 heterocycles. The second-order valence-corrected chi connectivity index (χ2v) is 9.31. The molecular formula is C21H28N4OS. The number of hydrogen-bond donors (Lipinski definition) is 2. The number of H-pyrrole nitrogens is 1. The van der Waals surface area contributed by atoms with Gasteiger partial charge in [-0.2, -0.15) is 5.10 Å². The molecule has 2 bridgehead atoms. The molecule has 0 radical (unpaired) electrons. The Balaban J connectivity index is 1.41. The number of anilines is 1. The van der Waals surface area contributed by atoms with Gasteiger partial charge in [0.05, 0.1) is 5.75 Å². The molecule has 3 atom stereocenters. The lowest BCUT2D eigenvalue weighted by Crippen LogP contribution is -2.35. The largest absolute Gasteiger partial charge is 0.325 e. The molecule has 2 aromatic rings. The first-order valence-corrected chi connectivity index (χ1v) is 11.0. The number of carbonyl (C=O) groups excluding carboxylic acids is 1. The van der Waals surface area contributed by atoms with E-state index in [-0.39, 0.29) is 5.91 Å². The van der Waals surface area contributed by atoms with E-state index in [0.29, 0.717) is 16.3 Å². The highest BCUT2D eigenvalue weighted by molar-refractivity contribution is 7.99. The fraction of sp³-hybridized carbons (Fsp3) is 0.571. The molecule has 1 aromatic heterocycles. The Morgan fingerprint density at radius 1 is 1.30 bits per heavy atom. The average molecular weight is 385 g/mol. The first-order chi connectivity index (χ1) is 13.1. The van der Waals surface area contributed by atoms with Gasteiger partial charge in [0.15, 0.2) is 5.16 Å². The summed E-state index contributed by atoms with van der Waals surface area (Å²) in [6, 6.07) is 8.64. The summed E-state index contributed by atoms with van der Waals surface area (Å²) in [4.78, 5) is 16.2. The SMILES string of the molecule is CC1CC2CCCCC(c3ccc(NC(=O)CSc4ncn[nH]4)cc3)(C1)C2. The van der Waals surface area contributed by atoms with Gasteiger partial charge in [-0.1, -0.05) is 50.1 Å². The van der Waals surface area contributed by atoms with Gasteiger partial charge in [-0.3, -0.25) is 9.89 Å². The molecule has 0 aliphatic heterocycles. The van der Waals surface area contributed by atoms with Crippen LogP contribution in [0, 0.1) is 11.8 Å². The summed E-state index contributed by atoms with van der Waals surface area (Å²) in [6.07, 6.45) is 11.0. The summed E-state index contributed by atoms with van der Waals surface area (Å²) < 4.78 is 0. The Bertz CT molecular complexity index is 761. The van der Waals surface area contributed by atoms with E-state index in [2.05, 4.69) is 51.7 Å². The van der Waals surface area contributed by atoms with Gasteiger partial charge in [-0.25, -0.2) is 4.98 Å². The van der Waals surface area contributed by atoms with E-state index in [1.165, 1.54) is 68.6 Å². The van der Waals surface area contributed by atoms with Crippen LogP contribution >= 0.6 is 11.8 Å². The normalized spacial score (nSPS) is 27.7. The van der Waals surface area contributed by atoms with E-state index >= 15 is 0 Å². The number of nitrogens with one attached hydrogen (secondary N) is 2.